The number of benzene rings is 3. The summed E-state index contributed by atoms with van der Waals surface area (Å²) in [6, 6.07) is 16.5. The van der Waals surface area contributed by atoms with Crippen molar-refractivity contribution in [1.82, 2.24) is 5.32 Å². The van der Waals surface area contributed by atoms with Crippen LogP contribution >= 0.6 is 11.6 Å². The van der Waals surface area contributed by atoms with Crippen LogP contribution in [0.25, 0.3) is 10.8 Å². The van der Waals surface area contributed by atoms with E-state index in [1.807, 2.05) is 43.3 Å². The minimum Gasteiger partial charge on any atom is -0.368 e. The number of aryl methyl sites for hydroxylation is 1. The summed E-state index contributed by atoms with van der Waals surface area (Å²) in [5.41, 5.74) is 2.38. The van der Waals surface area contributed by atoms with Gasteiger partial charge >= 0.3 is 0 Å². The highest BCUT2D eigenvalue weighted by atomic mass is 35.5. The first-order valence-electron chi connectivity index (χ1n) is 9.22. The van der Waals surface area contributed by atoms with E-state index in [-0.39, 0.29) is 4.90 Å². The SMILES string of the molecule is Cc1ccc(Cl)c(NS(=O)(=O)c2ccc(N3CCNCC3)c3ccccc23)c1. The van der Waals surface area contributed by atoms with Crippen LogP contribution in [-0.2, 0) is 10.0 Å². The molecule has 28 heavy (non-hydrogen) atoms. The van der Waals surface area contributed by atoms with E-state index in [9.17, 15) is 8.42 Å². The van der Waals surface area contributed by atoms with Crippen molar-refractivity contribution in [3.63, 3.8) is 0 Å². The molecular weight excluding hydrogens is 394 g/mol. The number of sulfonamides is 1. The van der Waals surface area contributed by atoms with Crippen molar-refractivity contribution in [2.45, 2.75) is 11.8 Å². The van der Waals surface area contributed by atoms with E-state index >= 15 is 0 Å². The van der Waals surface area contributed by atoms with E-state index in [1.165, 1.54) is 0 Å². The van der Waals surface area contributed by atoms with Gasteiger partial charge in [-0.1, -0.05) is 41.9 Å². The summed E-state index contributed by atoms with van der Waals surface area (Å²) in [5, 5.41) is 5.35. The molecule has 1 fully saturated rings. The molecule has 1 heterocycles. The fourth-order valence-electron chi connectivity index (χ4n) is 3.59. The van der Waals surface area contributed by atoms with Gasteiger partial charge in [-0.15, -0.1) is 0 Å². The van der Waals surface area contributed by atoms with Crippen molar-refractivity contribution in [3.8, 4) is 0 Å². The average Bonchev–Trinajstić information content (AvgIpc) is 2.70. The highest BCUT2D eigenvalue weighted by molar-refractivity contribution is 7.93. The number of rotatable bonds is 4. The highest BCUT2D eigenvalue weighted by Gasteiger charge is 2.22. The normalized spacial score (nSPS) is 15.0. The Hall–Kier alpha value is -2.28. The molecule has 0 atom stereocenters. The Morgan fingerprint density at radius 3 is 2.46 bits per heavy atom. The van der Waals surface area contributed by atoms with Crippen molar-refractivity contribution in [2.24, 2.45) is 0 Å². The predicted molar refractivity (Wildman–Crippen MR) is 116 cm³/mol. The predicted octanol–water partition coefficient (Wildman–Crippen LogP) is 4.01. The number of anilines is 2. The molecule has 0 radical (unpaired) electrons. The molecule has 0 aliphatic carbocycles. The topological polar surface area (TPSA) is 61.4 Å². The first kappa shape index (κ1) is 19.1. The van der Waals surface area contributed by atoms with Crippen LogP contribution < -0.4 is 14.9 Å². The Morgan fingerprint density at radius 2 is 1.71 bits per heavy atom. The number of nitrogens with one attached hydrogen (secondary N) is 2. The molecule has 0 bridgehead atoms. The molecule has 1 aliphatic heterocycles. The van der Waals surface area contributed by atoms with Crippen molar-refractivity contribution < 1.29 is 8.42 Å². The lowest BCUT2D eigenvalue weighted by atomic mass is 10.1. The maximum atomic E-state index is 13.2. The molecule has 4 rings (SSSR count). The Bertz CT molecular complexity index is 1130. The van der Waals surface area contributed by atoms with E-state index in [0.717, 1.165) is 42.8 Å². The van der Waals surface area contributed by atoms with Crippen molar-refractivity contribution in [1.29, 1.82) is 0 Å². The van der Waals surface area contributed by atoms with E-state index in [1.54, 1.807) is 18.2 Å². The first-order chi connectivity index (χ1) is 13.5. The molecular formula is C21H22ClN3O2S. The fraction of sp³-hybridized carbons (Fsp3) is 0.238. The van der Waals surface area contributed by atoms with Crippen LogP contribution in [0.3, 0.4) is 0 Å². The van der Waals surface area contributed by atoms with Crippen LogP contribution in [0.5, 0.6) is 0 Å². The second-order valence-corrected chi connectivity index (χ2v) is 9.01. The molecule has 146 valence electrons. The lowest BCUT2D eigenvalue weighted by molar-refractivity contribution is 0.590. The molecule has 0 unspecified atom stereocenters. The molecule has 2 N–H and O–H groups in total. The van der Waals surface area contributed by atoms with Crippen LogP contribution in [-0.4, -0.2) is 34.6 Å². The average molecular weight is 416 g/mol. The zero-order valence-corrected chi connectivity index (χ0v) is 17.1. The molecule has 0 spiro atoms. The van der Waals surface area contributed by atoms with E-state index < -0.39 is 10.0 Å². The standard InChI is InChI=1S/C21H22ClN3O2S/c1-15-6-7-18(22)19(14-15)24-28(26,27)21-9-8-20(25-12-10-23-11-13-25)16-4-2-3-5-17(16)21/h2-9,14,23-24H,10-13H2,1H3. The van der Waals surface area contributed by atoms with Gasteiger partial charge in [0.15, 0.2) is 0 Å². The fourth-order valence-corrected chi connectivity index (χ4v) is 5.09. The van der Waals surface area contributed by atoms with Crippen LogP contribution in [0.1, 0.15) is 5.56 Å². The van der Waals surface area contributed by atoms with Crippen molar-refractivity contribution in [2.75, 3.05) is 35.8 Å². The molecule has 3 aromatic carbocycles. The lowest BCUT2D eigenvalue weighted by Gasteiger charge is -2.30. The third-order valence-electron chi connectivity index (χ3n) is 4.97. The maximum absolute atomic E-state index is 13.2. The maximum Gasteiger partial charge on any atom is 0.262 e. The van der Waals surface area contributed by atoms with Gasteiger partial charge in [-0.25, -0.2) is 8.42 Å². The molecule has 7 heteroatoms. The smallest absolute Gasteiger partial charge is 0.262 e. The summed E-state index contributed by atoms with van der Waals surface area (Å²) in [6.07, 6.45) is 0. The van der Waals surface area contributed by atoms with Crippen LogP contribution in [0.4, 0.5) is 11.4 Å². The minimum atomic E-state index is -3.79. The molecule has 1 aliphatic rings. The number of hydrogen-bond donors (Lipinski definition) is 2. The molecule has 1 saturated heterocycles. The molecule has 0 saturated carbocycles. The third kappa shape index (κ3) is 3.68. The summed E-state index contributed by atoms with van der Waals surface area (Å²) in [4.78, 5) is 2.54. The van der Waals surface area contributed by atoms with Gasteiger partial charge in [0.05, 0.1) is 15.6 Å². The van der Waals surface area contributed by atoms with Gasteiger partial charge in [-0.05, 0) is 36.8 Å². The molecule has 3 aromatic rings. The van der Waals surface area contributed by atoms with Gasteiger partial charge in [-0.3, -0.25) is 4.72 Å². The van der Waals surface area contributed by atoms with Gasteiger partial charge in [-0.2, -0.15) is 0 Å². The number of hydrogen-bond acceptors (Lipinski definition) is 4. The Morgan fingerprint density at radius 1 is 1.00 bits per heavy atom. The van der Waals surface area contributed by atoms with E-state index in [0.29, 0.717) is 16.1 Å². The number of halogens is 1. The molecule has 0 aromatic heterocycles. The monoisotopic (exact) mass is 415 g/mol. The van der Waals surface area contributed by atoms with Crippen LogP contribution in [0.15, 0.2) is 59.5 Å². The van der Waals surface area contributed by atoms with Gasteiger partial charge in [0.25, 0.3) is 10.0 Å². The summed E-state index contributed by atoms with van der Waals surface area (Å²) >= 11 is 6.20. The zero-order valence-electron chi connectivity index (χ0n) is 15.6. The van der Waals surface area contributed by atoms with Gasteiger partial charge in [0.2, 0.25) is 0 Å². The number of fused-ring (bicyclic) bond motifs is 1. The zero-order chi connectivity index (χ0) is 19.7. The van der Waals surface area contributed by atoms with Crippen LogP contribution in [0, 0.1) is 6.92 Å². The Kier molecular flexibility index (Phi) is 5.19. The number of nitrogens with zero attached hydrogens (tertiary/aromatic N) is 1. The lowest BCUT2D eigenvalue weighted by Crippen LogP contribution is -2.43. The van der Waals surface area contributed by atoms with Crippen molar-refractivity contribution >= 4 is 43.8 Å². The molecule has 0 amide bonds. The summed E-state index contributed by atoms with van der Waals surface area (Å²) in [6.45, 7) is 5.52. The minimum absolute atomic E-state index is 0.250. The van der Waals surface area contributed by atoms with Gasteiger partial charge in [0.1, 0.15) is 0 Å². The first-order valence-corrected chi connectivity index (χ1v) is 11.1. The summed E-state index contributed by atoms with van der Waals surface area (Å²) in [7, 11) is -3.79. The Labute approximate surface area is 170 Å². The number of piperazine rings is 1. The third-order valence-corrected chi connectivity index (χ3v) is 6.73. The molecule has 5 nitrogen and oxygen atoms in total. The quantitative estimate of drug-likeness (QED) is 0.675. The largest absolute Gasteiger partial charge is 0.368 e. The van der Waals surface area contributed by atoms with Crippen molar-refractivity contribution in [3.05, 3.63) is 65.2 Å². The summed E-state index contributed by atoms with van der Waals surface area (Å²) < 4.78 is 29.0. The second-order valence-electron chi connectivity index (χ2n) is 6.95. The summed E-state index contributed by atoms with van der Waals surface area (Å²) in [5.74, 6) is 0. The van der Waals surface area contributed by atoms with E-state index in [4.69, 9.17) is 11.6 Å². The van der Waals surface area contributed by atoms with Crippen LogP contribution in [0.2, 0.25) is 5.02 Å². The highest BCUT2D eigenvalue weighted by Crippen LogP contribution is 2.34. The second kappa shape index (κ2) is 7.62. The van der Waals surface area contributed by atoms with E-state index in [2.05, 4.69) is 14.9 Å². The van der Waals surface area contributed by atoms with Gasteiger partial charge < -0.3 is 10.2 Å². The Balaban J connectivity index is 1.79. The van der Waals surface area contributed by atoms with Gasteiger partial charge in [0, 0.05) is 42.6 Å².